The standard InChI is InChI=1S/C24H23FO.C6H12O/c25-21-9-6-10-22(17-21)26-14-5-1-2-7-18-12-13-24-20(15-18)16-19-8-3-4-11-23(19)24;1-3-5-6(7)4-2/h3-4,6,8-13,15,17H,1-2,5,7,14,16H2;3-5H2,1-2H3. The van der Waals surface area contributed by atoms with Gasteiger partial charge in [-0.05, 0) is 78.5 Å². The minimum Gasteiger partial charge on any atom is -0.493 e. The maximum absolute atomic E-state index is 13.1. The molecule has 3 aromatic carbocycles. The van der Waals surface area contributed by atoms with E-state index in [1.165, 1.54) is 39.9 Å². The summed E-state index contributed by atoms with van der Waals surface area (Å²) >= 11 is 0. The van der Waals surface area contributed by atoms with Crippen LogP contribution in [0.1, 0.15) is 69.1 Å². The van der Waals surface area contributed by atoms with E-state index < -0.39 is 0 Å². The summed E-state index contributed by atoms with van der Waals surface area (Å²) in [6, 6.07) is 22.0. The zero-order valence-electron chi connectivity index (χ0n) is 19.9. The number of ketones is 1. The van der Waals surface area contributed by atoms with E-state index in [1.807, 2.05) is 13.8 Å². The number of benzene rings is 3. The zero-order valence-corrected chi connectivity index (χ0v) is 19.9. The molecule has 0 amide bonds. The van der Waals surface area contributed by atoms with Crippen molar-refractivity contribution in [3.8, 4) is 16.9 Å². The van der Waals surface area contributed by atoms with Crippen molar-refractivity contribution in [1.82, 2.24) is 0 Å². The second kappa shape index (κ2) is 12.9. The van der Waals surface area contributed by atoms with Crippen molar-refractivity contribution in [2.24, 2.45) is 0 Å². The third-order valence-corrected chi connectivity index (χ3v) is 5.96. The highest BCUT2D eigenvalue weighted by Gasteiger charge is 2.17. The minimum absolute atomic E-state index is 0.249. The summed E-state index contributed by atoms with van der Waals surface area (Å²) in [5.74, 6) is 0.743. The van der Waals surface area contributed by atoms with E-state index in [2.05, 4.69) is 42.5 Å². The summed E-state index contributed by atoms with van der Waals surface area (Å²) in [4.78, 5) is 10.4. The first-order chi connectivity index (χ1) is 16.1. The Morgan fingerprint density at radius 3 is 2.45 bits per heavy atom. The van der Waals surface area contributed by atoms with Crippen LogP contribution < -0.4 is 4.74 Å². The van der Waals surface area contributed by atoms with E-state index in [0.29, 0.717) is 24.6 Å². The van der Waals surface area contributed by atoms with E-state index in [0.717, 1.165) is 44.9 Å². The molecule has 0 saturated carbocycles. The van der Waals surface area contributed by atoms with Crippen LogP contribution in [-0.4, -0.2) is 12.4 Å². The van der Waals surface area contributed by atoms with Gasteiger partial charge in [0.25, 0.3) is 0 Å². The van der Waals surface area contributed by atoms with Gasteiger partial charge < -0.3 is 4.74 Å². The van der Waals surface area contributed by atoms with E-state index >= 15 is 0 Å². The van der Waals surface area contributed by atoms with Gasteiger partial charge in [0, 0.05) is 18.9 Å². The number of ether oxygens (including phenoxy) is 1. The Hall–Kier alpha value is -2.94. The number of unbranched alkanes of at least 4 members (excludes halogenated alkanes) is 2. The highest BCUT2D eigenvalue weighted by Crippen LogP contribution is 2.36. The summed E-state index contributed by atoms with van der Waals surface area (Å²) < 4.78 is 18.7. The topological polar surface area (TPSA) is 26.3 Å². The molecule has 0 aromatic heterocycles. The Morgan fingerprint density at radius 1 is 0.879 bits per heavy atom. The van der Waals surface area contributed by atoms with E-state index in [1.54, 1.807) is 12.1 Å². The quantitative estimate of drug-likeness (QED) is 0.231. The van der Waals surface area contributed by atoms with Crippen LogP contribution in [0.5, 0.6) is 5.75 Å². The Kier molecular flexibility index (Phi) is 9.68. The summed E-state index contributed by atoms with van der Waals surface area (Å²) in [6.07, 6.45) is 7.87. The van der Waals surface area contributed by atoms with Gasteiger partial charge in [-0.25, -0.2) is 4.39 Å². The molecule has 174 valence electrons. The van der Waals surface area contributed by atoms with Gasteiger partial charge in [-0.2, -0.15) is 0 Å². The van der Waals surface area contributed by atoms with Crippen molar-refractivity contribution in [1.29, 1.82) is 0 Å². The lowest BCUT2D eigenvalue weighted by molar-refractivity contribution is -0.118. The lowest BCUT2D eigenvalue weighted by Crippen LogP contribution is -1.98. The fourth-order valence-electron chi connectivity index (χ4n) is 4.16. The first kappa shape index (κ1) is 24.7. The van der Waals surface area contributed by atoms with Crippen LogP contribution in [0.2, 0.25) is 0 Å². The van der Waals surface area contributed by atoms with Gasteiger partial charge in [-0.1, -0.05) is 62.4 Å². The maximum atomic E-state index is 13.1. The molecule has 0 spiro atoms. The van der Waals surface area contributed by atoms with Crippen LogP contribution in [0.15, 0.2) is 66.7 Å². The van der Waals surface area contributed by atoms with Crippen molar-refractivity contribution < 1.29 is 13.9 Å². The van der Waals surface area contributed by atoms with Gasteiger partial charge in [0.1, 0.15) is 17.3 Å². The highest BCUT2D eigenvalue weighted by atomic mass is 19.1. The molecule has 0 atom stereocenters. The van der Waals surface area contributed by atoms with Crippen LogP contribution in [0.25, 0.3) is 11.1 Å². The molecule has 0 saturated heterocycles. The fraction of sp³-hybridized carbons (Fsp3) is 0.367. The molecule has 33 heavy (non-hydrogen) atoms. The van der Waals surface area contributed by atoms with Crippen molar-refractivity contribution in [3.63, 3.8) is 0 Å². The number of carbonyl (C=O) groups excluding carboxylic acids is 1. The highest BCUT2D eigenvalue weighted by molar-refractivity contribution is 5.78. The Morgan fingerprint density at radius 2 is 1.70 bits per heavy atom. The van der Waals surface area contributed by atoms with Gasteiger partial charge in [0.05, 0.1) is 6.61 Å². The lowest BCUT2D eigenvalue weighted by Gasteiger charge is -2.07. The Labute approximate surface area is 197 Å². The van der Waals surface area contributed by atoms with E-state index in [-0.39, 0.29) is 5.82 Å². The Bertz CT molecular complexity index is 1040. The number of aryl methyl sites for hydroxylation is 1. The van der Waals surface area contributed by atoms with Gasteiger partial charge in [-0.3, -0.25) is 4.79 Å². The third-order valence-electron chi connectivity index (χ3n) is 5.96. The Balaban J connectivity index is 0.000000383. The van der Waals surface area contributed by atoms with Gasteiger partial charge in [0.15, 0.2) is 0 Å². The molecule has 0 N–H and O–H groups in total. The largest absolute Gasteiger partial charge is 0.493 e. The van der Waals surface area contributed by atoms with Crippen molar-refractivity contribution in [2.75, 3.05) is 6.61 Å². The SMILES string of the molecule is CCCC(=O)CC.Fc1cccc(OCCCCCc2ccc3c(c2)Cc2ccccc2-3)c1. The van der Waals surface area contributed by atoms with Crippen molar-refractivity contribution in [2.45, 2.75) is 65.2 Å². The summed E-state index contributed by atoms with van der Waals surface area (Å²) in [5, 5.41) is 0. The van der Waals surface area contributed by atoms with Gasteiger partial charge in [0.2, 0.25) is 0 Å². The molecular formula is C30H35FO2. The first-order valence-electron chi connectivity index (χ1n) is 12.2. The molecule has 3 aromatic rings. The third kappa shape index (κ3) is 7.56. The monoisotopic (exact) mass is 446 g/mol. The van der Waals surface area contributed by atoms with Crippen molar-refractivity contribution >= 4 is 5.78 Å². The predicted octanol–water partition coefficient (Wildman–Crippen LogP) is 7.95. The van der Waals surface area contributed by atoms with Gasteiger partial charge in [-0.15, -0.1) is 0 Å². The summed E-state index contributed by atoms with van der Waals surface area (Å²) in [7, 11) is 0. The summed E-state index contributed by atoms with van der Waals surface area (Å²) in [5.41, 5.74) is 7.10. The molecule has 3 heteroatoms. The number of halogens is 1. The molecule has 1 aliphatic rings. The summed E-state index contributed by atoms with van der Waals surface area (Å²) in [6.45, 7) is 4.56. The minimum atomic E-state index is -0.249. The van der Waals surface area contributed by atoms with Crippen LogP contribution in [-0.2, 0) is 17.6 Å². The first-order valence-corrected chi connectivity index (χ1v) is 12.2. The second-order valence-electron chi connectivity index (χ2n) is 8.58. The van der Waals surface area contributed by atoms with Crippen LogP contribution >= 0.6 is 0 Å². The van der Waals surface area contributed by atoms with Crippen LogP contribution in [0.4, 0.5) is 4.39 Å². The normalized spacial score (nSPS) is 11.2. The van der Waals surface area contributed by atoms with Crippen LogP contribution in [0, 0.1) is 5.82 Å². The van der Waals surface area contributed by atoms with Gasteiger partial charge >= 0.3 is 0 Å². The predicted molar refractivity (Wildman–Crippen MR) is 134 cm³/mol. The number of carbonyl (C=O) groups is 1. The molecule has 0 aliphatic heterocycles. The molecule has 0 fully saturated rings. The lowest BCUT2D eigenvalue weighted by atomic mass is 10.0. The average molecular weight is 447 g/mol. The molecule has 0 heterocycles. The van der Waals surface area contributed by atoms with Crippen LogP contribution in [0.3, 0.4) is 0 Å². The molecule has 0 radical (unpaired) electrons. The number of rotatable bonds is 10. The average Bonchev–Trinajstić information content (AvgIpc) is 3.20. The van der Waals surface area contributed by atoms with E-state index in [9.17, 15) is 9.18 Å². The fourth-order valence-corrected chi connectivity index (χ4v) is 4.16. The number of hydrogen-bond donors (Lipinski definition) is 0. The maximum Gasteiger partial charge on any atom is 0.132 e. The molecule has 2 nitrogen and oxygen atoms in total. The molecule has 1 aliphatic carbocycles. The molecule has 0 bridgehead atoms. The molecular weight excluding hydrogens is 411 g/mol. The number of hydrogen-bond acceptors (Lipinski definition) is 2. The second-order valence-corrected chi connectivity index (χ2v) is 8.58. The number of fused-ring (bicyclic) bond motifs is 3. The smallest absolute Gasteiger partial charge is 0.132 e. The van der Waals surface area contributed by atoms with Crippen molar-refractivity contribution in [3.05, 3.63) is 89.2 Å². The van der Waals surface area contributed by atoms with E-state index in [4.69, 9.17) is 4.74 Å². The number of Topliss-reactive ketones (excluding diaryl/α,β-unsaturated/α-hetero) is 1. The zero-order chi connectivity index (χ0) is 23.5. The molecule has 4 rings (SSSR count). The molecule has 0 unspecified atom stereocenters.